The molecule has 2 aromatic rings. The van der Waals surface area contributed by atoms with Crippen molar-refractivity contribution in [3.63, 3.8) is 0 Å². The van der Waals surface area contributed by atoms with Crippen molar-refractivity contribution in [3.8, 4) is 11.1 Å². The Balaban J connectivity index is 1.70. The number of benzene rings is 2. The van der Waals surface area contributed by atoms with Gasteiger partial charge in [0.1, 0.15) is 18.2 Å². The number of ketones is 1. The van der Waals surface area contributed by atoms with Gasteiger partial charge in [-0.25, -0.2) is 14.4 Å². The van der Waals surface area contributed by atoms with Gasteiger partial charge in [0.05, 0.1) is 6.61 Å². The topological polar surface area (TPSA) is 108 Å². The van der Waals surface area contributed by atoms with Gasteiger partial charge in [0.25, 0.3) is 0 Å². The van der Waals surface area contributed by atoms with E-state index in [1.807, 2.05) is 48.5 Å². The molecule has 2 aromatic carbocycles. The first-order chi connectivity index (χ1) is 16.1. The lowest BCUT2D eigenvalue weighted by atomic mass is 9.98. The number of ether oxygens (including phenoxy) is 3. The Morgan fingerprint density at radius 2 is 1.47 bits per heavy atom. The van der Waals surface area contributed by atoms with Crippen LogP contribution in [-0.4, -0.2) is 48.7 Å². The van der Waals surface area contributed by atoms with Crippen molar-refractivity contribution in [1.82, 2.24) is 5.32 Å². The molecule has 1 atom stereocenters. The highest BCUT2D eigenvalue weighted by Gasteiger charge is 2.33. The van der Waals surface area contributed by atoms with Crippen LogP contribution in [0.5, 0.6) is 0 Å². The van der Waals surface area contributed by atoms with E-state index < -0.39 is 41.9 Å². The molecule has 0 fully saturated rings. The SMILES string of the molecule is CCOC(=O)C(=O)C[C@H](NC(=O)OCC1c2ccccc2-c2ccccc21)C(=O)OC(C)(C)C. The Hall–Kier alpha value is -3.68. The van der Waals surface area contributed by atoms with Gasteiger partial charge in [0.15, 0.2) is 0 Å². The molecule has 0 aromatic heterocycles. The minimum absolute atomic E-state index is 0.0154. The summed E-state index contributed by atoms with van der Waals surface area (Å²) in [5.74, 6) is -3.04. The lowest BCUT2D eigenvalue weighted by Gasteiger charge is -2.24. The highest BCUT2D eigenvalue weighted by Crippen LogP contribution is 2.44. The fourth-order valence-corrected chi connectivity index (χ4v) is 3.83. The van der Waals surface area contributed by atoms with Crippen LogP contribution in [-0.2, 0) is 28.6 Å². The average molecular weight is 468 g/mol. The molecule has 8 nitrogen and oxygen atoms in total. The average Bonchev–Trinajstić information content (AvgIpc) is 3.10. The van der Waals surface area contributed by atoms with Gasteiger partial charge in [-0.15, -0.1) is 0 Å². The van der Waals surface area contributed by atoms with Crippen molar-refractivity contribution in [2.45, 2.75) is 51.7 Å². The number of amides is 1. The summed E-state index contributed by atoms with van der Waals surface area (Å²) in [7, 11) is 0. The summed E-state index contributed by atoms with van der Waals surface area (Å²) < 4.78 is 15.4. The summed E-state index contributed by atoms with van der Waals surface area (Å²) in [4.78, 5) is 49.1. The van der Waals surface area contributed by atoms with E-state index >= 15 is 0 Å². The van der Waals surface area contributed by atoms with Gasteiger partial charge in [0.2, 0.25) is 5.78 Å². The zero-order valence-corrected chi connectivity index (χ0v) is 19.8. The summed E-state index contributed by atoms with van der Waals surface area (Å²) in [5.41, 5.74) is 3.39. The fraction of sp³-hybridized carbons (Fsp3) is 0.385. The Morgan fingerprint density at radius 1 is 0.912 bits per heavy atom. The van der Waals surface area contributed by atoms with E-state index in [4.69, 9.17) is 9.47 Å². The van der Waals surface area contributed by atoms with Crippen LogP contribution in [0.1, 0.15) is 51.2 Å². The lowest BCUT2D eigenvalue weighted by Crippen LogP contribution is -2.46. The van der Waals surface area contributed by atoms with E-state index in [0.29, 0.717) is 0 Å². The number of fused-ring (bicyclic) bond motifs is 3. The molecular formula is C26H29NO7. The molecule has 1 amide bonds. The lowest BCUT2D eigenvalue weighted by molar-refractivity contribution is -0.160. The number of Topliss-reactive ketones (excluding diaryl/α,β-unsaturated/α-hetero) is 1. The second-order valence-electron chi connectivity index (χ2n) is 8.90. The molecule has 0 spiro atoms. The number of hydrogen-bond donors (Lipinski definition) is 1. The van der Waals surface area contributed by atoms with Gasteiger partial charge >= 0.3 is 18.0 Å². The first-order valence-corrected chi connectivity index (χ1v) is 11.1. The van der Waals surface area contributed by atoms with Crippen LogP contribution in [0, 0.1) is 0 Å². The van der Waals surface area contributed by atoms with Crippen molar-refractivity contribution >= 4 is 23.8 Å². The number of alkyl carbamates (subject to hydrolysis) is 1. The molecule has 180 valence electrons. The van der Waals surface area contributed by atoms with Crippen molar-refractivity contribution in [2.75, 3.05) is 13.2 Å². The van der Waals surface area contributed by atoms with Crippen molar-refractivity contribution < 1.29 is 33.4 Å². The van der Waals surface area contributed by atoms with Gasteiger partial charge in [-0.2, -0.15) is 0 Å². The number of carbonyl (C=O) groups excluding carboxylic acids is 4. The van der Waals surface area contributed by atoms with Crippen molar-refractivity contribution in [1.29, 1.82) is 0 Å². The Labute approximate surface area is 198 Å². The molecular weight excluding hydrogens is 438 g/mol. The van der Waals surface area contributed by atoms with Crippen LogP contribution >= 0.6 is 0 Å². The molecule has 8 heteroatoms. The molecule has 0 bridgehead atoms. The van der Waals surface area contributed by atoms with E-state index in [-0.39, 0.29) is 19.1 Å². The Bertz CT molecular complexity index is 1040. The van der Waals surface area contributed by atoms with Crippen LogP contribution in [0.25, 0.3) is 11.1 Å². The third-order valence-electron chi connectivity index (χ3n) is 5.22. The minimum atomic E-state index is -1.40. The second kappa shape index (κ2) is 10.5. The number of hydrogen-bond acceptors (Lipinski definition) is 7. The molecule has 0 unspecified atom stereocenters. The summed E-state index contributed by atoms with van der Waals surface area (Å²) in [6.07, 6.45) is -1.49. The summed E-state index contributed by atoms with van der Waals surface area (Å²) in [6, 6.07) is 14.4. The Kier molecular flexibility index (Phi) is 7.71. The zero-order valence-electron chi connectivity index (χ0n) is 19.8. The van der Waals surface area contributed by atoms with Gasteiger partial charge in [-0.05, 0) is 49.9 Å². The van der Waals surface area contributed by atoms with Crippen molar-refractivity contribution in [3.05, 3.63) is 59.7 Å². The third-order valence-corrected chi connectivity index (χ3v) is 5.22. The molecule has 1 aliphatic carbocycles. The maximum atomic E-state index is 12.6. The largest absolute Gasteiger partial charge is 0.460 e. The van der Waals surface area contributed by atoms with Crippen LogP contribution in [0.3, 0.4) is 0 Å². The van der Waals surface area contributed by atoms with Gasteiger partial charge in [-0.3, -0.25) is 4.79 Å². The number of carbonyl (C=O) groups is 4. The smallest absolute Gasteiger partial charge is 0.407 e. The molecule has 0 saturated heterocycles. The highest BCUT2D eigenvalue weighted by atomic mass is 16.6. The fourth-order valence-electron chi connectivity index (χ4n) is 3.83. The number of esters is 2. The van der Waals surface area contributed by atoms with Crippen molar-refractivity contribution in [2.24, 2.45) is 0 Å². The molecule has 0 saturated carbocycles. The molecule has 0 radical (unpaired) electrons. The Morgan fingerprint density at radius 3 is 2.00 bits per heavy atom. The first kappa shape index (κ1) is 25.0. The van der Waals surface area contributed by atoms with E-state index in [9.17, 15) is 19.2 Å². The summed E-state index contributed by atoms with van der Waals surface area (Å²) in [5, 5.41) is 2.37. The van der Waals surface area contributed by atoms with Crippen LogP contribution in [0.15, 0.2) is 48.5 Å². The van der Waals surface area contributed by atoms with Crippen LogP contribution in [0.4, 0.5) is 4.79 Å². The van der Waals surface area contributed by atoms with E-state index in [1.165, 1.54) is 0 Å². The van der Waals surface area contributed by atoms with E-state index in [0.717, 1.165) is 22.3 Å². The van der Waals surface area contributed by atoms with Gasteiger partial charge in [0, 0.05) is 12.3 Å². The highest BCUT2D eigenvalue weighted by molar-refractivity contribution is 6.34. The van der Waals surface area contributed by atoms with E-state index in [1.54, 1.807) is 27.7 Å². The third kappa shape index (κ3) is 6.01. The maximum absolute atomic E-state index is 12.6. The molecule has 0 aliphatic heterocycles. The number of rotatable bonds is 8. The standard InChI is InChI=1S/C26H29NO7/c1-5-32-24(30)22(28)14-21(23(29)34-26(2,3)4)27-25(31)33-15-20-18-12-8-6-10-16(18)17-11-7-9-13-19(17)20/h6-13,20-21H,5,14-15H2,1-4H3,(H,27,31)/t21-/m0/s1. The minimum Gasteiger partial charge on any atom is -0.460 e. The van der Waals surface area contributed by atoms with E-state index in [2.05, 4.69) is 10.1 Å². The van der Waals surface area contributed by atoms with Crippen LogP contribution in [0.2, 0.25) is 0 Å². The van der Waals surface area contributed by atoms with Gasteiger partial charge < -0.3 is 19.5 Å². The van der Waals surface area contributed by atoms with Gasteiger partial charge in [-0.1, -0.05) is 48.5 Å². The molecule has 1 N–H and O–H groups in total. The quantitative estimate of drug-likeness (QED) is 0.358. The predicted octanol–water partition coefficient (Wildman–Crippen LogP) is 3.76. The summed E-state index contributed by atoms with van der Waals surface area (Å²) in [6.45, 7) is 6.58. The predicted molar refractivity (Wildman–Crippen MR) is 124 cm³/mol. The monoisotopic (exact) mass is 467 g/mol. The van der Waals surface area contributed by atoms with Crippen LogP contribution < -0.4 is 5.32 Å². The molecule has 34 heavy (non-hydrogen) atoms. The molecule has 1 aliphatic rings. The summed E-state index contributed by atoms with van der Waals surface area (Å²) >= 11 is 0. The molecule has 0 heterocycles. The second-order valence-corrected chi connectivity index (χ2v) is 8.90. The normalized spacial score (nSPS) is 13.3. The maximum Gasteiger partial charge on any atom is 0.407 e. The molecule has 3 rings (SSSR count). The number of nitrogens with one attached hydrogen (secondary N) is 1. The zero-order chi connectivity index (χ0) is 24.9. The first-order valence-electron chi connectivity index (χ1n) is 11.1.